The van der Waals surface area contributed by atoms with Gasteiger partial charge in [0.15, 0.2) is 0 Å². The van der Waals surface area contributed by atoms with Crippen LogP contribution in [0.5, 0.6) is 5.75 Å². The molecule has 1 aliphatic rings. The molecule has 0 aliphatic carbocycles. The number of ether oxygens (including phenoxy) is 2. The van der Waals surface area contributed by atoms with Crippen LogP contribution in [0, 0.1) is 0 Å². The molecular formula is C15H22ClNO2. The van der Waals surface area contributed by atoms with Crippen molar-refractivity contribution in [1.29, 1.82) is 0 Å². The lowest BCUT2D eigenvalue weighted by Gasteiger charge is -2.27. The Morgan fingerprint density at radius 2 is 2.26 bits per heavy atom. The van der Waals surface area contributed by atoms with Crippen molar-refractivity contribution in [2.24, 2.45) is 0 Å². The quantitative estimate of drug-likeness (QED) is 0.827. The van der Waals surface area contributed by atoms with Gasteiger partial charge in [0.25, 0.3) is 0 Å². The van der Waals surface area contributed by atoms with Gasteiger partial charge in [-0.05, 0) is 44.5 Å². The highest BCUT2D eigenvalue weighted by atomic mass is 35.5. The molecule has 0 spiro atoms. The first-order chi connectivity index (χ1) is 9.19. The second-order valence-corrected chi connectivity index (χ2v) is 5.58. The van der Waals surface area contributed by atoms with Gasteiger partial charge in [0, 0.05) is 30.3 Å². The molecular weight excluding hydrogens is 262 g/mol. The highest BCUT2D eigenvalue weighted by molar-refractivity contribution is 6.30. The lowest BCUT2D eigenvalue weighted by atomic mass is 10.1. The number of nitrogens with zero attached hydrogens (tertiary/aromatic N) is 1. The van der Waals surface area contributed by atoms with Crippen LogP contribution in [-0.2, 0) is 11.3 Å². The molecule has 1 fully saturated rings. The molecule has 1 aromatic carbocycles. The molecule has 1 atom stereocenters. The summed E-state index contributed by atoms with van der Waals surface area (Å²) < 4.78 is 11.1. The summed E-state index contributed by atoms with van der Waals surface area (Å²) in [6.45, 7) is 2.68. The molecule has 1 aromatic rings. The number of hydrogen-bond donors (Lipinski definition) is 0. The third-order valence-electron chi connectivity index (χ3n) is 3.47. The summed E-state index contributed by atoms with van der Waals surface area (Å²) >= 11 is 6.05. The Kier molecular flexibility index (Phi) is 5.49. The smallest absolute Gasteiger partial charge is 0.123 e. The molecule has 0 bridgehead atoms. The maximum atomic E-state index is 6.05. The van der Waals surface area contributed by atoms with Gasteiger partial charge in [0.2, 0.25) is 0 Å². The number of benzene rings is 1. The molecule has 1 aliphatic heterocycles. The molecule has 0 saturated carbocycles. The number of likely N-dealkylation sites (N-methyl/N-ethyl adjacent to an activating group) is 1. The van der Waals surface area contributed by atoms with Crippen LogP contribution in [0.15, 0.2) is 18.2 Å². The first-order valence-electron chi connectivity index (χ1n) is 6.81. The summed E-state index contributed by atoms with van der Waals surface area (Å²) in [7, 11) is 3.80. The SMILES string of the molecule is COc1ccc(Cl)cc1CN(C)CC1CCCCO1. The highest BCUT2D eigenvalue weighted by Gasteiger charge is 2.16. The summed E-state index contributed by atoms with van der Waals surface area (Å²) in [5, 5.41) is 0.748. The third-order valence-corrected chi connectivity index (χ3v) is 3.71. The predicted octanol–water partition coefficient (Wildman–Crippen LogP) is 3.35. The summed E-state index contributed by atoms with van der Waals surface area (Å²) in [5.41, 5.74) is 1.12. The van der Waals surface area contributed by atoms with Crippen molar-refractivity contribution >= 4 is 11.6 Å². The zero-order valence-corrected chi connectivity index (χ0v) is 12.4. The predicted molar refractivity (Wildman–Crippen MR) is 77.9 cm³/mol. The van der Waals surface area contributed by atoms with Gasteiger partial charge in [-0.15, -0.1) is 0 Å². The van der Waals surface area contributed by atoms with E-state index in [1.807, 2.05) is 18.2 Å². The van der Waals surface area contributed by atoms with Crippen molar-refractivity contribution in [1.82, 2.24) is 4.90 Å². The van der Waals surface area contributed by atoms with Gasteiger partial charge in [-0.25, -0.2) is 0 Å². The zero-order valence-electron chi connectivity index (χ0n) is 11.7. The number of methoxy groups -OCH3 is 1. The minimum absolute atomic E-state index is 0.365. The van der Waals surface area contributed by atoms with Crippen molar-refractivity contribution in [3.05, 3.63) is 28.8 Å². The van der Waals surface area contributed by atoms with Crippen LogP contribution in [-0.4, -0.2) is 38.3 Å². The summed E-state index contributed by atoms with van der Waals surface area (Å²) in [6, 6.07) is 5.75. The maximum Gasteiger partial charge on any atom is 0.123 e. The van der Waals surface area contributed by atoms with E-state index in [0.29, 0.717) is 6.10 Å². The van der Waals surface area contributed by atoms with E-state index in [0.717, 1.165) is 42.5 Å². The first-order valence-corrected chi connectivity index (χ1v) is 7.19. The van der Waals surface area contributed by atoms with Crippen LogP contribution < -0.4 is 4.74 Å². The van der Waals surface area contributed by atoms with Crippen molar-refractivity contribution in [3.8, 4) is 5.75 Å². The molecule has 2 rings (SSSR count). The molecule has 106 valence electrons. The van der Waals surface area contributed by atoms with Crippen LogP contribution >= 0.6 is 11.6 Å². The Labute approximate surface area is 120 Å². The Hall–Kier alpha value is -0.770. The van der Waals surface area contributed by atoms with E-state index < -0.39 is 0 Å². The van der Waals surface area contributed by atoms with E-state index >= 15 is 0 Å². The van der Waals surface area contributed by atoms with Gasteiger partial charge in [0.05, 0.1) is 13.2 Å². The van der Waals surface area contributed by atoms with Crippen molar-refractivity contribution < 1.29 is 9.47 Å². The molecule has 0 amide bonds. The molecule has 1 saturated heterocycles. The number of rotatable bonds is 5. The van der Waals surface area contributed by atoms with Gasteiger partial charge in [0.1, 0.15) is 5.75 Å². The van der Waals surface area contributed by atoms with Crippen molar-refractivity contribution in [3.63, 3.8) is 0 Å². The zero-order chi connectivity index (χ0) is 13.7. The topological polar surface area (TPSA) is 21.7 Å². The standard InChI is InChI=1S/C15H22ClNO2/c1-17(11-14-5-3-4-8-19-14)10-12-9-13(16)6-7-15(12)18-2/h6-7,9,14H,3-5,8,10-11H2,1-2H3. The van der Waals surface area contributed by atoms with Crippen LogP contribution in [0.4, 0.5) is 0 Å². The second kappa shape index (κ2) is 7.13. The van der Waals surface area contributed by atoms with E-state index in [9.17, 15) is 0 Å². The van der Waals surface area contributed by atoms with Crippen LogP contribution in [0.1, 0.15) is 24.8 Å². The Bertz CT molecular complexity index is 405. The van der Waals surface area contributed by atoms with Gasteiger partial charge in [-0.1, -0.05) is 11.6 Å². The second-order valence-electron chi connectivity index (χ2n) is 5.14. The molecule has 4 heteroatoms. The minimum atomic E-state index is 0.365. The highest BCUT2D eigenvalue weighted by Crippen LogP contribution is 2.24. The summed E-state index contributed by atoms with van der Waals surface area (Å²) in [6.07, 6.45) is 4.00. The normalized spacial score (nSPS) is 19.7. The lowest BCUT2D eigenvalue weighted by Crippen LogP contribution is -2.33. The molecule has 1 heterocycles. The van der Waals surface area contributed by atoms with E-state index in [-0.39, 0.29) is 0 Å². The fraction of sp³-hybridized carbons (Fsp3) is 0.600. The first kappa shape index (κ1) is 14.6. The maximum absolute atomic E-state index is 6.05. The fourth-order valence-corrected chi connectivity index (χ4v) is 2.72. The average molecular weight is 284 g/mol. The van der Waals surface area contributed by atoms with E-state index in [2.05, 4.69) is 11.9 Å². The van der Waals surface area contributed by atoms with E-state index in [4.69, 9.17) is 21.1 Å². The van der Waals surface area contributed by atoms with E-state index in [1.165, 1.54) is 12.8 Å². The van der Waals surface area contributed by atoms with Crippen molar-refractivity contribution in [2.75, 3.05) is 27.3 Å². The van der Waals surface area contributed by atoms with Crippen molar-refractivity contribution in [2.45, 2.75) is 31.9 Å². The number of halogens is 1. The fourth-order valence-electron chi connectivity index (χ4n) is 2.53. The van der Waals surface area contributed by atoms with Gasteiger partial charge >= 0.3 is 0 Å². The van der Waals surface area contributed by atoms with Crippen LogP contribution in [0.3, 0.4) is 0 Å². The monoisotopic (exact) mass is 283 g/mol. The lowest BCUT2D eigenvalue weighted by molar-refractivity contribution is -0.00267. The molecule has 1 unspecified atom stereocenters. The molecule has 3 nitrogen and oxygen atoms in total. The summed E-state index contributed by atoms with van der Waals surface area (Å²) in [5.74, 6) is 0.890. The van der Waals surface area contributed by atoms with Gasteiger partial charge in [-0.2, -0.15) is 0 Å². The van der Waals surface area contributed by atoms with E-state index in [1.54, 1.807) is 7.11 Å². The molecule has 19 heavy (non-hydrogen) atoms. The number of hydrogen-bond acceptors (Lipinski definition) is 3. The Morgan fingerprint density at radius 1 is 1.42 bits per heavy atom. The molecule has 0 N–H and O–H groups in total. The molecule has 0 aromatic heterocycles. The average Bonchev–Trinajstić information content (AvgIpc) is 2.40. The Balaban J connectivity index is 1.93. The molecule has 0 radical (unpaired) electrons. The van der Waals surface area contributed by atoms with Gasteiger partial charge < -0.3 is 9.47 Å². The minimum Gasteiger partial charge on any atom is -0.496 e. The van der Waals surface area contributed by atoms with Gasteiger partial charge in [-0.3, -0.25) is 4.90 Å². The Morgan fingerprint density at radius 3 is 2.95 bits per heavy atom. The largest absolute Gasteiger partial charge is 0.496 e. The van der Waals surface area contributed by atoms with Crippen LogP contribution in [0.25, 0.3) is 0 Å². The summed E-state index contributed by atoms with van der Waals surface area (Å²) in [4.78, 5) is 2.27. The third kappa shape index (κ3) is 4.37. The van der Waals surface area contributed by atoms with Crippen LogP contribution in [0.2, 0.25) is 5.02 Å².